The number of aromatic hydroxyl groups is 1. The van der Waals surface area contributed by atoms with Gasteiger partial charge in [-0.1, -0.05) is 0 Å². The van der Waals surface area contributed by atoms with Crippen LogP contribution in [0.1, 0.15) is 11.1 Å². The average Bonchev–Trinajstić information content (AvgIpc) is 2.09. The van der Waals surface area contributed by atoms with Gasteiger partial charge in [0, 0.05) is 0 Å². The highest BCUT2D eigenvalue weighted by Gasteiger charge is 2.08. The van der Waals surface area contributed by atoms with Gasteiger partial charge in [-0.3, -0.25) is 0 Å². The maximum absolute atomic E-state index is 12.7. The Balaban J connectivity index is 3.31. The molecular weight excluding hydrogens is 161 g/mol. The maximum Gasteiger partial charge on any atom is 0.169 e. The van der Waals surface area contributed by atoms with Crippen molar-refractivity contribution in [3.05, 3.63) is 29.1 Å². The molecule has 1 aromatic rings. The number of phenols is 1. The Hall–Kier alpha value is -1.60. The van der Waals surface area contributed by atoms with Gasteiger partial charge in [0.25, 0.3) is 0 Å². The van der Waals surface area contributed by atoms with E-state index in [0.29, 0.717) is 0 Å². The van der Waals surface area contributed by atoms with E-state index in [9.17, 15) is 4.39 Å². The number of rotatable bonds is 1. The van der Waals surface area contributed by atoms with E-state index in [2.05, 4.69) is 0 Å². The minimum absolute atomic E-state index is 0.168. The number of hydrogen-bond donors (Lipinski definition) is 2. The lowest BCUT2D eigenvalue weighted by atomic mass is 10.1. The molecule has 0 bridgehead atoms. The molecular formula is C8H6FNO2. The predicted molar refractivity (Wildman–Crippen MR) is 38.7 cm³/mol. The van der Waals surface area contributed by atoms with Gasteiger partial charge in [-0.25, -0.2) is 4.39 Å². The zero-order valence-corrected chi connectivity index (χ0v) is 6.08. The van der Waals surface area contributed by atoms with E-state index >= 15 is 0 Å². The third-order valence-electron chi connectivity index (χ3n) is 1.43. The molecule has 0 heterocycles. The van der Waals surface area contributed by atoms with E-state index in [1.54, 1.807) is 6.07 Å². The minimum Gasteiger partial charge on any atom is -0.504 e. The smallest absolute Gasteiger partial charge is 0.169 e. The van der Waals surface area contributed by atoms with E-state index in [-0.39, 0.29) is 17.7 Å². The lowest BCUT2D eigenvalue weighted by Gasteiger charge is -2.00. The van der Waals surface area contributed by atoms with Gasteiger partial charge in [0.1, 0.15) is 6.07 Å². The van der Waals surface area contributed by atoms with Crippen LogP contribution in [0.5, 0.6) is 5.75 Å². The fourth-order valence-electron chi connectivity index (χ4n) is 0.832. The highest BCUT2D eigenvalue weighted by Crippen LogP contribution is 2.22. The van der Waals surface area contributed by atoms with Gasteiger partial charge in [-0.2, -0.15) is 5.26 Å². The van der Waals surface area contributed by atoms with Crippen molar-refractivity contribution in [1.29, 1.82) is 5.26 Å². The molecule has 0 atom stereocenters. The average molecular weight is 167 g/mol. The first-order chi connectivity index (χ1) is 5.69. The van der Waals surface area contributed by atoms with Crippen LogP contribution in [0, 0.1) is 17.1 Å². The Morgan fingerprint density at radius 1 is 1.50 bits per heavy atom. The second-order valence-corrected chi connectivity index (χ2v) is 2.24. The highest BCUT2D eigenvalue weighted by molar-refractivity contribution is 5.45. The third-order valence-corrected chi connectivity index (χ3v) is 1.43. The molecule has 0 aliphatic carbocycles. The summed E-state index contributed by atoms with van der Waals surface area (Å²) in [5, 5.41) is 26.0. The molecule has 2 N–H and O–H groups in total. The predicted octanol–water partition coefficient (Wildman–Crippen LogP) is 0.895. The molecule has 0 spiro atoms. The number of aliphatic hydroxyl groups excluding tert-OH is 1. The largest absolute Gasteiger partial charge is 0.504 e. The summed E-state index contributed by atoms with van der Waals surface area (Å²) < 4.78 is 12.7. The molecule has 0 aliphatic heterocycles. The summed E-state index contributed by atoms with van der Waals surface area (Å²) in [6.07, 6.45) is 0. The van der Waals surface area contributed by atoms with Crippen molar-refractivity contribution in [3.8, 4) is 11.8 Å². The molecule has 1 aromatic carbocycles. The molecule has 0 aromatic heterocycles. The fourth-order valence-corrected chi connectivity index (χ4v) is 0.832. The van der Waals surface area contributed by atoms with Crippen LogP contribution in [0.4, 0.5) is 4.39 Å². The first kappa shape index (κ1) is 8.50. The van der Waals surface area contributed by atoms with E-state index in [4.69, 9.17) is 15.5 Å². The van der Waals surface area contributed by atoms with Gasteiger partial charge < -0.3 is 10.2 Å². The third kappa shape index (κ3) is 1.36. The summed E-state index contributed by atoms with van der Waals surface area (Å²) in [4.78, 5) is 0. The van der Waals surface area contributed by atoms with Gasteiger partial charge in [0.05, 0.1) is 12.2 Å². The second kappa shape index (κ2) is 3.20. The standard InChI is InChI=1S/C8H6FNO2/c9-7-2-5(4-11)1-6(3-10)8(7)12/h1-2,11-12H,4H2. The van der Waals surface area contributed by atoms with Crippen LogP contribution in [0.2, 0.25) is 0 Å². The lowest BCUT2D eigenvalue weighted by molar-refractivity contribution is 0.280. The SMILES string of the molecule is N#Cc1cc(CO)cc(F)c1O. The first-order valence-corrected chi connectivity index (χ1v) is 3.21. The molecule has 12 heavy (non-hydrogen) atoms. The number of benzene rings is 1. The normalized spacial score (nSPS) is 9.42. The molecule has 0 unspecified atom stereocenters. The van der Waals surface area contributed by atoms with Crippen LogP contribution < -0.4 is 0 Å². The van der Waals surface area contributed by atoms with Crippen LogP contribution in [0.3, 0.4) is 0 Å². The number of nitriles is 1. The molecule has 0 saturated carbocycles. The Morgan fingerprint density at radius 2 is 2.17 bits per heavy atom. The van der Waals surface area contributed by atoms with Crippen LogP contribution in [-0.2, 0) is 6.61 Å². The van der Waals surface area contributed by atoms with Gasteiger partial charge in [0.15, 0.2) is 11.6 Å². The van der Waals surface area contributed by atoms with Crippen LogP contribution in [0.25, 0.3) is 0 Å². The van der Waals surface area contributed by atoms with Crippen molar-refractivity contribution in [2.24, 2.45) is 0 Å². The quantitative estimate of drug-likeness (QED) is 0.653. The van der Waals surface area contributed by atoms with Gasteiger partial charge in [-0.15, -0.1) is 0 Å². The van der Waals surface area contributed by atoms with Crippen molar-refractivity contribution >= 4 is 0 Å². The first-order valence-electron chi connectivity index (χ1n) is 3.21. The molecule has 4 heteroatoms. The summed E-state index contributed by atoms with van der Waals surface area (Å²) in [5.74, 6) is -1.56. The molecule has 3 nitrogen and oxygen atoms in total. The summed E-state index contributed by atoms with van der Waals surface area (Å²) in [7, 11) is 0. The zero-order valence-electron chi connectivity index (χ0n) is 6.08. The molecule has 0 amide bonds. The molecule has 0 radical (unpaired) electrons. The highest BCUT2D eigenvalue weighted by atomic mass is 19.1. The number of hydrogen-bond acceptors (Lipinski definition) is 3. The number of halogens is 1. The molecule has 0 fully saturated rings. The summed E-state index contributed by atoms with van der Waals surface area (Å²) in [6, 6.07) is 3.83. The van der Waals surface area contributed by atoms with E-state index < -0.39 is 11.6 Å². The summed E-state index contributed by atoms with van der Waals surface area (Å²) in [6.45, 7) is -0.355. The molecule has 62 valence electrons. The number of nitrogens with zero attached hydrogens (tertiary/aromatic N) is 1. The van der Waals surface area contributed by atoms with Crippen molar-refractivity contribution < 1.29 is 14.6 Å². The van der Waals surface area contributed by atoms with Crippen molar-refractivity contribution in [3.63, 3.8) is 0 Å². The van der Waals surface area contributed by atoms with E-state index in [0.717, 1.165) is 6.07 Å². The molecule has 0 saturated heterocycles. The Morgan fingerprint density at radius 3 is 2.67 bits per heavy atom. The Labute approximate surface area is 68.3 Å². The van der Waals surface area contributed by atoms with Gasteiger partial charge >= 0.3 is 0 Å². The molecule has 0 aliphatic rings. The maximum atomic E-state index is 12.7. The van der Waals surface area contributed by atoms with E-state index in [1.807, 2.05) is 0 Å². The van der Waals surface area contributed by atoms with Crippen molar-refractivity contribution in [1.82, 2.24) is 0 Å². The van der Waals surface area contributed by atoms with E-state index in [1.165, 1.54) is 6.07 Å². The summed E-state index contributed by atoms with van der Waals surface area (Å²) in [5.41, 5.74) is 0.0981. The van der Waals surface area contributed by atoms with Crippen molar-refractivity contribution in [2.75, 3.05) is 0 Å². The van der Waals surface area contributed by atoms with Gasteiger partial charge in [0.2, 0.25) is 0 Å². The van der Waals surface area contributed by atoms with Crippen molar-refractivity contribution in [2.45, 2.75) is 6.61 Å². The topological polar surface area (TPSA) is 64.2 Å². The Bertz CT molecular complexity index is 344. The van der Waals surface area contributed by atoms with Crippen LogP contribution in [-0.4, -0.2) is 10.2 Å². The number of phenolic OH excluding ortho intramolecular Hbond substituents is 1. The lowest BCUT2D eigenvalue weighted by Crippen LogP contribution is -1.89. The number of aliphatic hydroxyl groups is 1. The fraction of sp³-hybridized carbons (Fsp3) is 0.125. The van der Waals surface area contributed by atoms with Crippen LogP contribution in [0.15, 0.2) is 12.1 Å². The second-order valence-electron chi connectivity index (χ2n) is 2.24. The Kier molecular flexibility index (Phi) is 2.26. The minimum atomic E-state index is -0.891. The molecule has 1 rings (SSSR count). The van der Waals surface area contributed by atoms with Crippen LogP contribution >= 0.6 is 0 Å². The zero-order chi connectivity index (χ0) is 9.14. The van der Waals surface area contributed by atoms with Gasteiger partial charge in [-0.05, 0) is 17.7 Å². The summed E-state index contributed by atoms with van der Waals surface area (Å²) >= 11 is 0. The monoisotopic (exact) mass is 167 g/mol.